The minimum Gasteiger partial charge on any atom is -0.326 e. The van der Waals surface area contributed by atoms with E-state index in [-0.39, 0.29) is 24.2 Å². The summed E-state index contributed by atoms with van der Waals surface area (Å²) in [6, 6.07) is 1.04. The molecule has 0 aromatic heterocycles. The average molecular weight is 213 g/mol. The van der Waals surface area contributed by atoms with E-state index in [1.165, 1.54) is 0 Å². The third-order valence-corrected chi connectivity index (χ3v) is 3.97. The Hall–Kier alpha value is -0.200. The summed E-state index contributed by atoms with van der Waals surface area (Å²) in [6.07, 6.45) is 4.13. The van der Waals surface area contributed by atoms with Gasteiger partial charge in [-0.2, -0.15) is 0 Å². The van der Waals surface area contributed by atoms with Crippen LogP contribution in [0.25, 0.3) is 0 Å². The number of rotatable bonds is 2. The molecule has 0 radical (unpaired) electrons. The van der Waals surface area contributed by atoms with Crippen molar-refractivity contribution >= 4 is 0 Å². The number of hydrogen-bond acceptors (Lipinski definition) is 5. The molecule has 0 saturated heterocycles. The van der Waals surface area contributed by atoms with Crippen molar-refractivity contribution in [3.8, 4) is 0 Å². The van der Waals surface area contributed by atoms with Crippen LogP contribution in [0, 0.1) is 0 Å². The lowest BCUT2D eigenvalue weighted by atomic mass is 10.1. The van der Waals surface area contributed by atoms with Gasteiger partial charge in [-0.1, -0.05) is 0 Å². The minimum absolute atomic E-state index is 0.0639. The molecule has 9 N–H and O–H groups in total. The van der Waals surface area contributed by atoms with E-state index in [2.05, 4.69) is 5.32 Å². The molecule has 2 aliphatic carbocycles. The second-order valence-electron chi connectivity index (χ2n) is 5.02. The van der Waals surface area contributed by atoms with Crippen molar-refractivity contribution in [1.29, 1.82) is 0 Å². The van der Waals surface area contributed by atoms with Crippen LogP contribution in [-0.4, -0.2) is 36.3 Å². The lowest BCUT2D eigenvalue weighted by molar-refractivity contribution is 0.372. The molecule has 6 unspecified atom stereocenters. The Balaban J connectivity index is 1.87. The van der Waals surface area contributed by atoms with E-state index in [9.17, 15) is 0 Å². The molecule has 2 saturated carbocycles. The molecule has 15 heavy (non-hydrogen) atoms. The van der Waals surface area contributed by atoms with Crippen LogP contribution in [-0.2, 0) is 0 Å². The molecule has 0 aromatic rings. The Morgan fingerprint density at radius 3 is 1.33 bits per heavy atom. The standard InChI is InChI=1S/C10H23N5/c11-5-1-3-7(9(5)13)15-8-4-2-6(12)10(8)14/h5-10,15H,1-4,11-14H2. The molecule has 0 aromatic carbocycles. The molecule has 5 heteroatoms. The van der Waals surface area contributed by atoms with Crippen LogP contribution in [0.4, 0.5) is 0 Å². The molecule has 2 aliphatic rings. The highest BCUT2D eigenvalue weighted by molar-refractivity contribution is 5.01. The van der Waals surface area contributed by atoms with Crippen LogP contribution in [0.3, 0.4) is 0 Å². The van der Waals surface area contributed by atoms with E-state index >= 15 is 0 Å². The molecule has 0 aliphatic heterocycles. The SMILES string of the molecule is NC1CCC(NC2CCC(N)C2N)C1N. The van der Waals surface area contributed by atoms with E-state index in [1.807, 2.05) is 0 Å². The Labute approximate surface area is 90.9 Å². The molecule has 5 nitrogen and oxygen atoms in total. The zero-order chi connectivity index (χ0) is 11.0. The van der Waals surface area contributed by atoms with Crippen LogP contribution in [0.15, 0.2) is 0 Å². The topological polar surface area (TPSA) is 116 Å². The summed E-state index contributed by atoms with van der Waals surface area (Å²) >= 11 is 0. The Morgan fingerprint density at radius 2 is 1.07 bits per heavy atom. The summed E-state index contributed by atoms with van der Waals surface area (Å²) in [5, 5.41) is 3.53. The molecular weight excluding hydrogens is 190 g/mol. The molecule has 0 bridgehead atoms. The van der Waals surface area contributed by atoms with Gasteiger partial charge in [0.1, 0.15) is 0 Å². The highest BCUT2D eigenvalue weighted by Crippen LogP contribution is 2.22. The van der Waals surface area contributed by atoms with Crippen molar-refractivity contribution in [2.24, 2.45) is 22.9 Å². The van der Waals surface area contributed by atoms with E-state index in [1.54, 1.807) is 0 Å². The zero-order valence-electron chi connectivity index (χ0n) is 9.10. The van der Waals surface area contributed by atoms with Crippen molar-refractivity contribution in [1.82, 2.24) is 5.32 Å². The monoisotopic (exact) mass is 213 g/mol. The molecule has 0 amide bonds. The van der Waals surface area contributed by atoms with Crippen molar-refractivity contribution in [3.05, 3.63) is 0 Å². The van der Waals surface area contributed by atoms with Gasteiger partial charge in [-0.15, -0.1) is 0 Å². The zero-order valence-corrected chi connectivity index (χ0v) is 9.10. The van der Waals surface area contributed by atoms with Gasteiger partial charge in [0.2, 0.25) is 0 Å². The quantitative estimate of drug-likeness (QED) is 0.371. The third-order valence-electron chi connectivity index (χ3n) is 3.97. The van der Waals surface area contributed by atoms with Gasteiger partial charge < -0.3 is 28.3 Å². The Bertz CT molecular complexity index is 200. The van der Waals surface area contributed by atoms with Gasteiger partial charge in [0.05, 0.1) is 0 Å². The van der Waals surface area contributed by atoms with Crippen LogP contribution in [0.2, 0.25) is 0 Å². The van der Waals surface area contributed by atoms with E-state index in [0.717, 1.165) is 25.7 Å². The Kier molecular flexibility index (Phi) is 3.27. The lowest BCUT2D eigenvalue weighted by Crippen LogP contribution is -2.56. The van der Waals surface area contributed by atoms with Gasteiger partial charge >= 0.3 is 0 Å². The van der Waals surface area contributed by atoms with Crippen LogP contribution < -0.4 is 28.3 Å². The van der Waals surface area contributed by atoms with Crippen LogP contribution >= 0.6 is 0 Å². The molecule has 2 fully saturated rings. The predicted molar refractivity (Wildman–Crippen MR) is 61.1 cm³/mol. The summed E-state index contributed by atoms with van der Waals surface area (Å²) in [5.41, 5.74) is 23.8. The lowest BCUT2D eigenvalue weighted by Gasteiger charge is -2.26. The van der Waals surface area contributed by atoms with Gasteiger partial charge in [0.25, 0.3) is 0 Å². The van der Waals surface area contributed by atoms with Gasteiger partial charge in [-0.25, -0.2) is 0 Å². The molecule has 6 atom stereocenters. The number of nitrogens with two attached hydrogens (primary N) is 4. The molecule has 0 spiro atoms. The van der Waals surface area contributed by atoms with Gasteiger partial charge in [-0.3, -0.25) is 0 Å². The van der Waals surface area contributed by atoms with E-state index in [0.29, 0.717) is 12.1 Å². The highest BCUT2D eigenvalue weighted by atomic mass is 15.1. The van der Waals surface area contributed by atoms with Crippen molar-refractivity contribution in [2.75, 3.05) is 0 Å². The van der Waals surface area contributed by atoms with Crippen molar-refractivity contribution in [2.45, 2.75) is 61.9 Å². The second-order valence-corrected chi connectivity index (χ2v) is 5.02. The second kappa shape index (κ2) is 4.35. The first-order valence-corrected chi connectivity index (χ1v) is 5.88. The summed E-state index contributed by atoms with van der Waals surface area (Å²) in [4.78, 5) is 0. The van der Waals surface area contributed by atoms with Crippen molar-refractivity contribution < 1.29 is 0 Å². The van der Waals surface area contributed by atoms with Gasteiger partial charge in [0, 0.05) is 36.3 Å². The summed E-state index contributed by atoms with van der Waals surface area (Å²) in [7, 11) is 0. The van der Waals surface area contributed by atoms with E-state index in [4.69, 9.17) is 22.9 Å². The fourth-order valence-electron chi connectivity index (χ4n) is 2.77. The molecular formula is C10H23N5. The normalized spacial score (nSPS) is 51.2. The first-order valence-electron chi connectivity index (χ1n) is 5.88. The average Bonchev–Trinajstić information content (AvgIpc) is 2.68. The van der Waals surface area contributed by atoms with Crippen molar-refractivity contribution in [3.63, 3.8) is 0 Å². The maximum Gasteiger partial charge on any atom is 0.0348 e. The van der Waals surface area contributed by atoms with Crippen LogP contribution in [0.5, 0.6) is 0 Å². The molecule has 2 rings (SSSR count). The largest absolute Gasteiger partial charge is 0.326 e. The van der Waals surface area contributed by atoms with E-state index < -0.39 is 0 Å². The Morgan fingerprint density at radius 1 is 0.667 bits per heavy atom. The number of hydrogen-bond donors (Lipinski definition) is 5. The molecule has 0 heterocycles. The third kappa shape index (κ3) is 2.16. The van der Waals surface area contributed by atoms with Crippen LogP contribution in [0.1, 0.15) is 25.7 Å². The fraction of sp³-hybridized carbons (Fsp3) is 1.00. The smallest absolute Gasteiger partial charge is 0.0348 e. The number of nitrogens with one attached hydrogen (secondary N) is 1. The summed E-state index contributed by atoms with van der Waals surface area (Å²) < 4.78 is 0. The van der Waals surface area contributed by atoms with Gasteiger partial charge in [0.15, 0.2) is 0 Å². The maximum atomic E-state index is 6.02. The first kappa shape index (κ1) is 11.3. The maximum absolute atomic E-state index is 6.02. The predicted octanol–water partition coefficient (Wildman–Crippen LogP) is -1.79. The highest BCUT2D eigenvalue weighted by Gasteiger charge is 2.37. The summed E-state index contributed by atoms with van der Waals surface area (Å²) in [6.45, 7) is 0. The fourth-order valence-corrected chi connectivity index (χ4v) is 2.77. The first-order chi connectivity index (χ1) is 7.09. The van der Waals surface area contributed by atoms with Gasteiger partial charge in [-0.05, 0) is 25.7 Å². The molecule has 88 valence electrons. The summed E-state index contributed by atoms with van der Waals surface area (Å²) in [5.74, 6) is 0. The minimum atomic E-state index is 0.0639.